The standard InChI is InChI=1S/C37H54F4N6O14/c1-2-37(36(57)58,47-15-13-45(23-29(51)52)11-9-44(22-28(49)50)10-12-46(14-16-47)24-30(53)54)35(56)43-8-18-60-20-19-59-17-7-42-27(48)5-3-4-6-31(55)61-34-32(40)25(38)21-26(39)33(34)41/h21H,2-20,22-24H2,1H3,(H,42,48)(H,43,56)(H,49,50)(H,51,52)(H,53,54)(H,57,58)/t37-/m0/s1. The first-order valence-corrected chi connectivity index (χ1v) is 19.5. The molecule has 1 aromatic carbocycles. The first kappa shape index (κ1) is 52.1. The highest BCUT2D eigenvalue weighted by Crippen LogP contribution is 2.27. The smallest absolute Gasteiger partial charge is 0.333 e. The van der Waals surface area contributed by atoms with E-state index in [2.05, 4.69) is 15.4 Å². The van der Waals surface area contributed by atoms with E-state index in [1.54, 1.807) is 4.90 Å². The van der Waals surface area contributed by atoms with Crippen molar-refractivity contribution in [2.75, 3.05) is 112 Å². The molecule has 1 heterocycles. The molecule has 1 aliphatic heterocycles. The van der Waals surface area contributed by atoms with E-state index in [-0.39, 0.29) is 142 Å². The Morgan fingerprint density at radius 3 is 1.49 bits per heavy atom. The van der Waals surface area contributed by atoms with Crippen molar-refractivity contribution < 1.29 is 85.8 Å². The van der Waals surface area contributed by atoms with Gasteiger partial charge in [-0.15, -0.1) is 0 Å². The molecule has 20 nitrogen and oxygen atoms in total. The summed E-state index contributed by atoms with van der Waals surface area (Å²) in [6, 6.07) is -0.0215. The number of carbonyl (C=O) groups excluding carboxylic acids is 3. The Morgan fingerprint density at radius 2 is 1.07 bits per heavy atom. The molecule has 1 fully saturated rings. The number of rotatable bonds is 25. The molecule has 0 aromatic heterocycles. The fourth-order valence-corrected chi connectivity index (χ4v) is 6.30. The lowest BCUT2D eigenvalue weighted by molar-refractivity contribution is -0.160. The second-order valence-corrected chi connectivity index (χ2v) is 13.8. The van der Waals surface area contributed by atoms with Gasteiger partial charge in [-0.1, -0.05) is 6.92 Å². The number of carboxylic acids is 4. The van der Waals surface area contributed by atoms with Gasteiger partial charge in [-0.2, -0.15) is 8.78 Å². The van der Waals surface area contributed by atoms with Crippen molar-refractivity contribution in [3.8, 4) is 5.75 Å². The molecule has 0 bridgehead atoms. The Hall–Kier alpha value is -5.01. The average molecular weight is 883 g/mol. The van der Waals surface area contributed by atoms with Crippen LogP contribution in [-0.2, 0) is 43.0 Å². The maximum Gasteiger partial charge on any atom is 0.333 e. The van der Waals surface area contributed by atoms with E-state index in [0.29, 0.717) is 0 Å². The van der Waals surface area contributed by atoms with E-state index in [1.807, 2.05) is 0 Å². The topological polar surface area (TPSA) is 265 Å². The van der Waals surface area contributed by atoms with Gasteiger partial charge in [-0.3, -0.25) is 48.4 Å². The molecular weight excluding hydrogens is 828 g/mol. The summed E-state index contributed by atoms with van der Waals surface area (Å²) in [6.45, 7) is 0.827. The highest BCUT2D eigenvalue weighted by molar-refractivity contribution is 6.06. The van der Waals surface area contributed by atoms with Gasteiger partial charge in [0.2, 0.25) is 23.3 Å². The van der Waals surface area contributed by atoms with Crippen LogP contribution in [0.1, 0.15) is 39.0 Å². The number of nitrogens with one attached hydrogen (secondary N) is 2. The molecule has 2 amide bonds. The van der Waals surface area contributed by atoms with Crippen LogP contribution in [0.5, 0.6) is 5.75 Å². The van der Waals surface area contributed by atoms with Gasteiger partial charge < -0.3 is 45.3 Å². The van der Waals surface area contributed by atoms with Crippen LogP contribution in [0.4, 0.5) is 17.6 Å². The minimum Gasteiger partial charge on any atom is -0.480 e. The Bertz CT molecular complexity index is 1600. The maximum atomic E-state index is 13.7. The molecule has 24 heteroatoms. The number of hydrogen-bond acceptors (Lipinski definition) is 14. The highest BCUT2D eigenvalue weighted by atomic mass is 19.2. The number of unbranched alkanes of at least 4 members (excludes halogenated alkanes) is 1. The van der Waals surface area contributed by atoms with E-state index in [1.165, 1.54) is 21.6 Å². The Morgan fingerprint density at radius 1 is 0.639 bits per heavy atom. The van der Waals surface area contributed by atoms with Gasteiger partial charge in [0, 0.05) is 84.4 Å². The Kier molecular flexibility index (Phi) is 23.1. The van der Waals surface area contributed by atoms with Crippen molar-refractivity contribution in [1.82, 2.24) is 30.2 Å². The lowest BCUT2D eigenvalue weighted by Crippen LogP contribution is -2.66. The second-order valence-electron chi connectivity index (χ2n) is 13.8. The molecule has 0 saturated carbocycles. The van der Waals surface area contributed by atoms with Gasteiger partial charge in [0.05, 0.1) is 46.1 Å². The second kappa shape index (κ2) is 27.0. The molecular formula is C37H54F4N6O14. The van der Waals surface area contributed by atoms with Gasteiger partial charge in [-0.25, -0.2) is 13.6 Å². The van der Waals surface area contributed by atoms with Crippen molar-refractivity contribution in [1.29, 1.82) is 0 Å². The van der Waals surface area contributed by atoms with Crippen molar-refractivity contribution in [2.45, 2.75) is 44.6 Å². The maximum absolute atomic E-state index is 13.7. The van der Waals surface area contributed by atoms with Crippen LogP contribution in [0.25, 0.3) is 0 Å². The van der Waals surface area contributed by atoms with Gasteiger partial charge in [0.25, 0.3) is 5.91 Å². The normalized spacial score (nSPS) is 16.1. The quantitative estimate of drug-likeness (QED) is 0.0184. The summed E-state index contributed by atoms with van der Waals surface area (Å²) in [5.74, 6) is -15.9. The third kappa shape index (κ3) is 18.2. The molecule has 0 unspecified atom stereocenters. The van der Waals surface area contributed by atoms with Crippen molar-refractivity contribution >= 4 is 41.7 Å². The van der Waals surface area contributed by atoms with Crippen LogP contribution in [0, 0.1) is 23.3 Å². The Balaban J connectivity index is 1.81. The van der Waals surface area contributed by atoms with E-state index >= 15 is 0 Å². The third-order valence-electron chi connectivity index (χ3n) is 9.49. The van der Waals surface area contributed by atoms with Gasteiger partial charge in [-0.05, 0) is 19.3 Å². The summed E-state index contributed by atoms with van der Waals surface area (Å²) in [5.41, 5.74) is -2.13. The van der Waals surface area contributed by atoms with Gasteiger partial charge in [0.1, 0.15) is 0 Å². The van der Waals surface area contributed by atoms with E-state index in [9.17, 15) is 71.5 Å². The zero-order valence-electron chi connectivity index (χ0n) is 33.8. The molecule has 0 spiro atoms. The fraction of sp³-hybridized carbons (Fsp3) is 0.649. The molecule has 344 valence electrons. The van der Waals surface area contributed by atoms with Crippen LogP contribution in [0.15, 0.2) is 6.07 Å². The summed E-state index contributed by atoms with van der Waals surface area (Å²) in [7, 11) is 0. The van der Waals surface area contributed by atoms with Crippen LogP contribution >= 0.6 is 0 Å². The molecule has 1 aliphatic rings. The summed E-state index contributed by atoms with van der Waals surface area (Å²) < 4.78 is 69.1. The molecule has 2 rings (SSSR count). The predicted octanol–water partition coefficient (Wildman–Crippen LogP) is -0.317. The summed E-state index contributed by atoms with van der Waals surface area (Å²) in [6.07, 6.45) is -0.332. The number of esters is 1. The number of aliphatic carboxylic acids is 4. The lowest BCUT2D eigenvalue weighted by atomic mass is 9.92. The first-order chi connectivity index (χ1) is 28.9. The number of halogens is 4. The number of carbonyl (C=O) groups is 7. The summed E-state index contributed by atoms with van der Waals surface area (Å²) in [4.78, 5) is 91.2. The monoisotopic (exact) mass is 882 g/mol. The SMILES string of the molecule is CC[C@@](C(=O)O)(C(=O)NCCOCCOCCNC(=O)CCCCC(=O)Oc1c(F)c(F)cc(F)c1F)N1CCN(CC(=O)O)CCN(CC(=O)O)CCN(CC(=O)O)CC1. The van der Waals surface area contributed by atoms with Crippen LogP contribution in [0.3, 0.4) is 0 Å². The zero-order chi connectivity index (χ0) is 45.5. The number of carboxylic acid groups (broad SMARTS) is 4. The minimum atomic E-state index is -2.13. The molecule has 61 heavy (non-hydrogen) atoms. The zero-order valence-corrected chi connectivity index (χ0v) is 33.8. The molecule has 1 atom stereocenters. The Labute approximate surface area is 348 Å². The number of ether oxygens (including phenoxy) is 3. The van der Waals surface area contributed by atoms with Gasteiger partial charge >= 0.3 is 29.8 Å². The molecule has 1 aromatic rings. The largest absolute Gasteiger partial charge is 0.480 e. The number of hydrogen-bond donors (Lipinski definition) is 6. The molecule has 0 radical (unpaired) electrons. The third-order valence-corrected chi connectivity index (χ3v) is 9.49. The lowest BCUT2D eigenvalue weighted by Gasteiger charge is -2.41. The fourth-order valence-electron chi connectivity index (χ4n) is 6.30. The van der Waals surface area contributed by atoms with E-state index in [0.717, 1.165) is 0 Å². The van der Waals surface area contributed by atoms with Crippen LogP contribution < -0.4 is 15.4 Å². The molecule has 6 N–H and O–H groups in total. The number of nitrogens with zero attached hydrogens (tertiary/aromatic N) is 4. The minimum absolute atomic E-state index is 0.00128. The number of amides is 2. The van der Waals surface area contributed by atoms with Crippen LogP contribution in [0.2, 0.25) is 0 Å². The van der Waals surface area contributed by atoms with Crippen molar-refractivity contribution in [3.05, 3.63) is 29.3 Å². The van der Waals surface area contributed by atoms with Crippen molar-refractivity contribution in [3.63, 3.8) is 0 Å². The van der Waals surface area contributed by atoms with Gasteiger partial charge in [0.15, 0.2) is 17.2 Å². The first-order valence-electron chi connectivity index (χ1n) is 19.5. The van der Waals surface area contributed by atoms with Crippen LogP contribution in [-0.4, -0.2) is 199 Å². The predicted molar refractivity (Wildman–Crippen MR) is 202 cm³/mol. The van der Waals surface area contributed by atoms with Crippen molar-refractivity contribution in [2.24, 2.45) is 0 Å². The molecule has 1 saturated heterocycles. The highest BCUT2D eigenvalue weighted by Gasteiger charge is 2.49. The van der Waals surface area contributed by atoms with E-state index in [4.69, 9.17) is 9.47 Å². The average Bonchev–Trinajstić information content (AvgIpc) is 3.18. The summed E-state index contributed by atoms with van der Waals surface area (Å²) in [5, 5.41) is 44.0. The van der Waals surface area contributed by atoms with E-state index < -0.39 is 83.4 Å². The molecule has 0 aliphatic carbocycles. The summed E-state index contributed by atoms with van der Waals surface area (Å²) >= 11 is 0. The number of benzene rings is 1.